The molecule has 1 aromatic carbocycles. The van der Waals surface area contributed by atoms with Gasteiger partial charge < -0.3 is 4.74 Å². The van der Waals surface area contributed by atoms with E-state index in [-0.39, 0.29) is 0 Å². The highest BCUT2D eigenvalue weighted by molar-refractivity contribution is 9.11. The second kappa shape index (κ2) is 4.66. The highest BCUT2D eigenvalue weighted by atomic mass is 79.9. The van der Waals surface area contributed by atoms with Crippen molar-refractivity contribution in [3.8, 4) is 10.9 Å². The number of ether oxygens (including phenoxy) is 1. The number of rotatable bonds is 2. The van der Waals surface area contributed by atoms with Crippen LogP contribution in [-0.4, -0.2) is 4.98 Å². The van der Waals surface area contributed by atoms with E-state index in [0.717, 1.165) is 15.9 Å². The lowest BCUT2D eigenvalue weighted by Gasteiger charge is -2.07. The maximum atomic E-state index is 12.3. The molecule has 0 saturated heterocycles. The Bertz CT molecular complexity index is 509. The number of hydrogen-bond acceptors (Lipinski definition) is 3. The van der Waals surface area contributed by atoms with Crippen molar-refractivity contribution < 1.29 is 17.9 Å². The lowest BCUT2D eigenvalue weighted by atomic mass is 10.2. The molecule has 0 aliphatic carbocycles. The third-order valence-electron chi connectivity index (χ3n) is 1.84. The maximum Gasteiger partial charge on any atom is 0.416 e. The average molecular weight is 324 g/mol. The summed E-state index contributed by atoms with van der Waals surface area (Å²) in [4.78, 5) is 3.91. The van der Waals surface area contributed by atoms with Crippen LogP contribution in [0.15, 0.2) is 34.2 Å². The number of alkyl halides is 3. The van der Waals surface area contributed by atoms with Crippen molar-refractivity contribution in [2.75, 3.05) is 0 Å². The Morgan fingerprint density at radius 1 is 1.18 bits per heavy atom. The molecule has 0 bridgehead atoms. The third-order valence-corrected chi connectivity index (χ3v) is 3.20. The SMILES string of the molecule is FC(F)(F)c1ccc(Oc2ncc(Br)s2)cc1. The van der Waals surface area contributed by atoms with Gasteiger partial charge in [0.25, 0.3) is 5.19 Å². The smallest absolute Gasteiger partial charge is 0.416 e. The van der Waals surface area contributed by atoms with Gasteiger partial charge in [0.05, 0.1) is 15.5 Å². The first-order valence-corrected chi connectivity index (χ1v) is 6.02. The van der Waals surface area contributed by atoms with Crippen LogP contribution in [0.2, 0.25) is 0 Å². The van der Waals surface area contributed by atoms with Gasteiger partial charge in [-0.15, -0.1) is 0 Å². The molecule has 0 N–H and O–H groups in total. The maximum absolute atomic E-state index is 12.3. The summed E-state index contributed by atoms with van der Waals surface area (Å²) in [5, 5.41) is 0.372. The van der Waals surface area contributed by atoms with E-state index in [2.05, 4.69) is 20.9 Å². The van der Waals surface area contributed by atoms with Crippen LogP contribution in [0.25, 0.3) is 0 Å². The Kier molecular flexibility index (Phi) is 3.39. The summed E-state index contributed by atoms with van der Waals surface area (Å²) in [7, 11) is 0. The molecule has 2 nitrogen and oxygen atoms in total. The monoisotopic (exact) mass is 323 g/mol. The fourth-order valence-corrected chi connectivity index (χ4v) is 2.13. The van der Waals surface area contributed by atoms with Gasteiger partial charge in [0, 0.05) is 0 Å². The molecule has 0 amide bonds. The van der Waals surface area contributed by atoms with Crippen LogP contribution in [0.5, 0.6) is 10.9 Å². The molecule has 1 aromatic heterocycles. The predicted octanol–water partition coefficient (Wildman–Crippen LogP) is 4.72. The van der Waals surface area contributed by atoms with E-state index in [4.69, 9.17) is 4.74 Å². The minimum atomic E-state index is -4.33. The zero-order chi connectivity index (χ0) is 12.5. The summed E-state index contributed by atoms with van der Waals surface area (Å²) in [5.41, 5.74) is -0.704. The Labute approximate surface area is 107 Å². The van der Waals surface area contributed by atoms with Gasteiger partial charge in [0.15, 0.2) is 0 Å². The van der Waals surface area contributed by atoms with E-state index in [0.29, 0.717) is 10.9 Å². The van der Waals surface area contributed by atoms with Gasteiger partial charge in [0.2, 0.25) is 0 Å². The summed E-state index contributed by atoms with van der Waals surface area (Å²) in [6.45, 7) is 0. The molecule has 0 radical (unpaired) electrons. The molecular weight excluding hydrogens is 319 g/mol. The lowest BCUT2D eigenvalue weighted by molar-refractivity contribution is -0.137. The molecule has 90 valence electrons. The molecule has 0 atom stereocenters. The molecule has 2 rings (SSSR count). The molecular formula is C10H5BrF3NOS. The molecule has 17 heavy (non-hydrogen) atoms. The molecule has 2 aromatic rings. The van der Waals surface area contributed by atoms with Crippen molar-refractivity contribution >= 4 is 27.3 Å². The highest BCUT2D eigenvalue weighted by Gasteiger charge is 2.30. The van der Waals surface area contributed by atoms with Crippen LogP contribution in [0.3, 0.4) is 0 Å². The number of benzene rings is 1. The van der Waals surface area contributed by atoms with E-state index >= 15 is 0 Å². The topological polar surface area (TPSA) is 22.1 Å². The van der Waals surface area contributed by atoms with E-state index in [1.54, 1.807) is 6.20 Å². The summed E-state index contributed by atoms with van der Waals surface area (Å²) >= 11 is 4.46. The van der Waals surface area contributed by atoms with Gasteiger partial charge in [-0.3, -0.25) is 0 Å². The fourth-order valence-electron chi connectivity index (χ4n) is 1.10. The van der Waals surface area contributed by atoms with Crippen LogP contribution in [0.1, 0.15) is 5.56 Å². The molecule has 0 unspecified atom stereocenters. The van der Waals surface area contributed by atoms with E-state index in [1.165, 1.54) is 23.5 Å². The van der Waals surface area contributed by atoms with Gasteiger partial charge in [-0.1, -0.05) is 11.3 Å². The van der Waals surface area contributed by atoms with Gasteiger partial charge in [-0.25, -0.2) is 4.98 Å². The summed E-state index contributed by atoms with van der Waals surface area (Å²) in [6.07, 6.45) is -2.77. The second-order valence-electron chi connectivity index (χ2n) is 3.05. The van der Waals surface area contributed by atoms with Crippen molar-refractivity contribution in [2.45, 2.75) is 6.18 Å². The minimum Gasteiger partial charge on any atom is -0.431 e. The van der Waals surface area contributed by atoms with Crippen molar-refractivity contribution in [2.24, 2.45) is 0 Å². The Morgan fingerprint density at radius 3 is 2.29 bits per heavy atom. The third kappa shape index (κ3) is 3.19. The predicted molar refractivity (Wildman–Crippen MR) is 61.3 cm³/mol. The second-order valence-corrected chi connectivity index (χ2v) is 5.43. The normalized spacial score (nSPS) is 11.5. The zero-order valence-electron chi connectivity index (χ0n) is 8.16. The molecule has 0 aliphatic rings. The average Bonchev–Trinajstić information content (AvgIpc) is 2.63. The van der Waals surface area contributed by atoms with E-state index in [9.17, 15) is 13.2 Å². The number of halogens is 4. The molecule has 0 aliphatic heterocycles. The first-order valence-electron chi connectivity index (χ1n) is 4.41. The zero-order valence-corrected chi connectivity index (χ0v) is 10.6. The number of nitrogens with zero attached hydrogens (tertiary/aromatic N) is 1. The van der Waals surface area contributed by atoms with Gasteiger partial charge in [0.1, 0.15) is 5.75 Å². The van der Waals surface area contributed by atoms with Crippen LogP contribution < -0.4 is 4.74 Å². The van der Waals surface area contributed by atoms with Crippen LogP contribution >= 0.6 is 27.3 Å². The van der Waals surface area contributed by atoms with E-state index in [1.807, 2.05) is 0 Å². The van der Waals surface area contributed by atoms with Crippen LogP contribution in [0.4, 0.5) is 13.2 Å². The summed E-state index contributed by atoms with van der Waals surface area (Å²) < 4.78 is 42.9. The fraction of sp³-hybridized carbons (Fsp3) is 0.100. The molecule has 0 fully saturated rings. The van der Waals surface area contributed by atoms with Gasteiger partial charge in [-0.05, 0) is 40.2 Å². The lowest BCUT2D eigenvalue weighted by Crippen LogP contribution is -2.03. The Balaban J connectivity index is 2.13. The van der Waals surface area contributed by atoms with Gasteiger partial charge >= 0.3 is 6.18 Å². The van der Waals surface area contributed by atoms with Gasteiger partial charge in [-0.2, -0.15) is 13.2 Å². The standard InChI is InChI=1S/C10H5BrF3NOS/c11-8-5-15-9(17-8)16-7-3-1-6(2-4-7)10(12,13)14/h1-5H. The van der Waals surface area contributed by atoms with Crippen LogP contribution in [-0.2, 0) is 6.18 Å². The van der Waals surface area contributed by atoms with Crippen molar-refractivity contribution in [1.29, 1.82) is 0 Å². The summed E-state index contributed by atoms with van der Waals surface area (Å²) in [5.74, 6) is 0.319. The first kappa shape index (κ1) is 12.4. The Hall–Kier alpha value is -1.08. The number of aromatic nitrogens is 1. The summed E-state index contributed by atoms with van der Waals surface area (Å²) in [6, 6.07) is 4.46. The largest absolute Gasteiger partial charge is 0.431 e. The number of thiazole rings is 1. The number of hydrogen-bond donors (Lipinski definition) is 0. The molecule has 7 heteroatoms. The van der Waals surface area contributed by atoms with Crippen molar-refractivity contribution in [1.82, 2.24) is 4.98 Å². The minimum absolute atomic E-state index is 0.319. The molecule has 1 heterocycles. The first-order chi connectivity index (χ1) is 7.95. The molecule has 0 spiro atoms. The quantitative estimate of drug-likeness (QED) is 0.798. The van der Waals surface area contributed by atoms with Crippen molar-refractivity contribution in [3.05, 3.63) is 39.8 Å². The Morgan fingerprint density at radius 2 is 1.82 bits per heavy atom. The van der Waals surface area contributed by atoms with Crippen molar-refractivity contribution in [3.63, 3.8) is 0 Å². The molecule has 0 saturated carbocycles. The highest BCUT2D eigenvalue weighted by Crippen LogP contribution is 2.33. The van der Waals surface area contributed by atoms with E-state index < -0.39 is 11.7 Å². The van der Waals surface area contributed by atoms with Crippen LogP contribution in [0, 0.1) is 0 Å².